The Morgan fingerprint density at radius 3 is 1.15 bits per heavy atom. The summed E-state index contributed by atoms with van der Waals surface area (Å²) >= 11 is 0. The van der Waals surface area contributed by atoms with Crippen LogP contribution in [-0.2, 0) is 0 Å². The standard InChI is InChI=1S/C18H34N2/c1-9(2)19-13(7)11(5)15-17(19)16-12(6)14(8)20(10(3)4)18(15)16/h9-18H,1-8H3/t11-,12-,13+,14+,15?,16?,17?,18?/m1/s1. The zero-order chi connectivity index (χ0) is 14.9. The molecule has 2 aliphatic heterocycles. The zero-order valence-corrected chi connectivity index (χ0v) is 14.7. The third-order valence-corrected chi connectivity index (χ3v) is 7.14. The van der Waals surface area contributed by atoms with E-state index in [9.17, 15) is 0 Å². The molecule has 3 fully saturated rings. The van der Waals surface area contributed by atoms with Crippen molar-refractivity contribution in [1.29, 1.82) is 0 Å². The third kappa shape index (κ3) is 1.64. The summed E-state index contributed by atoms with van der Waals surface area (Å²) in [5.41, 5.74) is 0. The highest BCUT2D eigenvalue weighted by atomic mass is 15.4. The predicted octanol–water partition coefficient (Wildman–Crippen LogP) is 3.47. The van der Waals surface area contributed by atoms with Crippen LogP contribution in [0.25, 0.3) is 0 Å². The molecular weight excluding hydrogens is 244 g/mol. The first kappa shape index (κ1) is 14.8. The van der Waals surface area contributed by atoms with Crippen molar-refractivity contribution in [2.24, 2.45) is 23.7 Å². The molecule has 4 atom stereocenters. The predicted molar refractivity (Wildman–Crippen MR) is 85.8 cm³/mol. The van der Waals surface area contributed by atoms with Gasteiger partial charge in [0, 0.05) is 36.3 Å². The molecule has 0 radical (unpaired) electrons. The van der Waals surface area contributed by atoms with E-state index in [1.54, 1.807) is 0 Å². The number of fused-ring (bicyclic) bond motifs is 4. The van der Waals surface area contributed by atoms with Crippen molar-refractivity contribution in [2.45, 2.75) is 91.6 Å². The van der Waals surface area contributed by atoms with Crippen molar-refractivity contribution in [3.05, 3.63) is 0 Å². The summed E-state index contributed by atoms with van der Waals surface area (Å²) in [7, 11) is 0. The quantitative estimate of drug-likeness (QED) is 0.763. The van der Waals surface area contributed by atoms with Gasteiger partial charge in [-0.05, 0) is 65.2 Å². The van der Waals surface area contributed by atoms with Crippen LogP contribution in [0.1, 0.15) is 55.4 Å². The van der Waals surface area contributed by atoms with Crippen LogP contribution in [0.2, 0.25) is 0 Å². The molecular formula is C18H34N2. The van der Waals surface area contributed by atoms with Gasteiger partial charge in [0.1, 0.15) is 0 Å². The summed E-state index contributed by atoms with van der Waals surface area (Å²) in [5, 5.41) is 0. The van der Waals surface area contributed by atoms with Gasteiger partial charge in [0.25, 0.3) is 0 Å². The van der Waals surface area contributed by atoms with Gasteiger partial charge in [-0.15, -0.1) is 0 Å². The van der Waals surface area contributed by atoms with Gasteiger partial charge >= 0.3 is 0 Å². The molecule has 20 heavy (non-hydrogen) atoms. The Morgan fingerprint density at radius 1 is 0.600 bits per heavy atom. The van der Waals surface area contributed by atoms with Crippen LogP contribution < -0.4 is 0 Å². The van der Waals surface area contributed by atoms with Gasteiger partial charge in [0.15, 0.2) is 0 Å². The first-order chi connectivity index (χ1) is 9.29. The molecule has 0 spiro atoms. The average molecular weight is 278 g/mol. The van der Waals surface area contributed by atoms with E-state index in [0.717, 1.165) is 47.8 Å². The van der Waals surface area contributed by atoms with Gasteiger partial charge in [0.2, 0.25) is 0 Å². The largest absolute Gasteiger partial charge is 0.294 e. The Balaban J connectivity index is 1.93. The minimum Gasteiger partial charge on any atom is -0.294 e. The molecule has 116 valence electrons. The second-order valence-electron chi connectivity index (χ2n) is 8.42. The minimum atomic E-state index is 0.694. The number of nitrogens with zero attached hydrogens (tertiary/aromatic N) is 2. The Kier molecular flexibility index (Phi) is 3.49. The SMILES string of the molecule is CC(C)N1C2C(C3C2[C@H](C)[C@H](C)N3C(C)C)[C@H](C)[C@@H]1C. The lowest BCUT2D eigenvalue weighted by Crippen LogP contribution is -2.63. The number of hydrogen-bond donors (Lipinski definition) is 0. The van der Waals surface area contributed by atoms with Crippen molar-refractivity contribution in [1.82, 2.24) is 9.80 Å². The fourth-order valence-electron chi connectivity index (χ4n) is 6.17. The van der Waals surface area contributed by atoms with Crippen molar-refractivity contribution in [3.63, 3.8) is 0 Å². The second kappa shape index (κ2) is 4.71. The summed E-state index contributed by atoms with van der Waals surface area (Å²) in [4.78, 5) is 5.70. The molecule has 3 aliphatic rings. The maximum Gasteiger partial charge on any atom is 0.0194 e. The first-order valence-electron chi connectivity index (χ1n) is 8.83. The molecule has 2 nitrogen and oxygen atoms in total. The lowest BCUT2D eigenvalue weighted by Gasteiger charge is -2.54. The van der Waals surface area contributed by atoms with Crippen LogP contribution in [0, 0.1) is 23.7 Å². The Hall–Kier alpha value is -0.0800. The average Bonchev–Trinajstić information content (AvgIpc) is 2.67. The lowest BCUT2D eigenvalue weighted by atomic mass is 9.60. The maximum atomic E-state index is 2.85. The highest BCUT2D eigenvalue weighted by molar-refractivity contribution is 5.21. The Bertz CT molecular complexity index is 334. The van der Waals surface area contributed by atoms with Crippen LogP contribution in [0.4, 0.5) is 0 Å². The topological polar surface area (TPSA) is 6.48 Å². The first-order valence-corrected chi connectivity index (χ1v) is 8.83. The van der Waals surface area contributed by atoms with Gasteiger partial charge in [-0.3, -0.25) is 9.80 Å². The fourth-order valence-corrected chi connectivity index (χ4v) is 6.17. The summed E-state index contributed by atoms with van der Waals surface area (Å²) in [6.07, 6.45) is 0. The summed E-state index contributed by atoms with van der Waals surface area (Å²) in [5.74, 6) is 3.52. The van der Waals surface area contributed by atoms with Crippen LogP contribution in [0.3, 0.4) is 0 Å². The van der Waals surface area contributed by atoms with Gasteiger partial charge in [0.05, 0.1) is 0 Å². The van der Waals surface area contributed by atoms with E-state index in [4.69, 9.17) is 0 Å². The van der Waals surface area contributed by atoms with Crippen molar-refractivity contribution < 1.29 is 0 Å². The van der Waals surface area contributed by atoms with Gasteiger partial charge in [-0.25, -0.2) is 0 Å². The van der Waals surface area contributed by atoms with Crippen molar-refractivity contribution >= 4 is 0 Å². The number of hydrogen-bond acceptors (Lipinski definition) is 2. The maximum absolute atomic E-state index is 2.85. The van der Waals surface area contributed by atoms with Crippen LogP contribution in [0.15, 0.2) is 0 Å². The molecule has 2 heterocycles. The normalized spacial score (nSPS) is 52.5. The van der Waals surface area contributed by atoms with E-state index < -0.39 is 0 Å². The molecule has 0 bridgehead atoms. The minimum absolute atomic E-state index is 0.694. The van der Waals surface area contributed by atoms with Crippen molar-refractivity contribution in [3.8, 4) is 0 Å². The molecule has 3 rings (SSSR count). The van der Waals surface area contributed by atoms with Crippen LogP contribution in [-0.4, -0.2) is 46.1 Å². The summed E-state index contributed by atoms with van der Waals surface area (Å²) in [6.45, 7) is 19.5. The van der Waals surface area contributed by atoms with Gasteiger partial charge in [-0.1, -0.05) is 13.8 Å². The van der Waals surface area contributed by atoms with E-state index in [1.807, 2.05) is 0 Å². The monoisotopic (exact) mass is 278 g/mol. The van der Waals surface area contributed by atoms with E-state index in [0.29, 0.717) is 12.1 Å². The van der Waals surface area contributed by atoms with Crippen LogP contribution in [0.5, 0.6) is 0 Å². The molecule has 0 aromatic heterocycles. The lowest BCUT2D eigenvalue weighted by molar-refractivity contribution is -0.0451. The van der Waals surface area contributed by atoms with E-state index in [2.05, 4.69) is 65.2 Å². The molecule has 0 N–H and O–H groups in total. The van der Waals surface area contributed by atoms with E-state index in [-0.39, 0.29) is 0 Å². The second-order valence-corrected chi connectivity index (χ2v) is 8.42. The third-order valence-electron chi connectivity index (χ3n) is 7.14. The molecule has 0 unspecified atom stereocenters. The van der Waals surface area contributed by atoms with Gasteiger partial charge in [-0.2, -0.15) is 0 Å². The number of rotatable bonds is 2. The van der Waals surface area contributed by atoms with Crippen molar-refractivity contribution in [2.75, 3.05) is 0 Å². The summed E-state index contributed by atoms with van der Waals surface area (Å²) < 4.78 is 0. The molecule has 1 aliphatic carbocycles. The molecule has 0 aromatic carbocycles. The molecule has 1 saturated carbocycles. The Labute approximate surface area is 125 Å². The van der Waals surface area contributed by atoms with E-state index >= 15 is 0 Å². The molecule has 0 aromatic rings. The number of likely N-dealkylation sites (tertiary alicyclic amines) is 2. The smallest absolute Gasteiger partial charge is 0.0194 e. The summed E-state index contributed by atoms with van der Waals surface area (Å²) in [6, 6.07) is 4.61. The zero-order valence-electron chi connectivity index (χ0n) is 14.7. The highest BCUT2D eigenvalue weighted by Crippen LogP contribution is 2.60. The fraction of sp³-hybridized carbons (Fsp3) is 1.00. The van der Waals surface area contributed by atoms with E-state index in [1.165, 1.54) is 0 Å². The molecule has 2 saturated heterocycles. The highest BCUT2D eigenvalue weighted by Gasteiger charge is 2.68. The molecule has 2 heteroatoms. The van der Waals surface area contributed by atoms with Gasteiger partial charge < -0.3 is 0 Å². The van der Waals surface area contributed by atoms with Crippen LogP contribution >= 0.6 is 0 Å². The Morgan fingerprint density at radius 2 is 0.900 bits per heavy atom. The molecule has 0 amide bonds.